The van der Waals surface area contributed by atoms with Gasteiger partial charge in [-0.2, -0.15) is 0 Å². The van der Waals surface area contributed by atoms with Gasteiger partial charge in [0.1, 0.15) is 10.0 Å². The molecule has 0 aliphatic heterocycles. The number of thiazole rings is 2. The molecule has 4 N–H and O–H groups in total. The number of carbonyl (C=O) groups is 2. The minimum Gasteiger partial charge on any atom is -0.494 e. The fourth-order valence-corrected chi connectivity index (χ4v) is 5.28. The maximum atomic E-state index is 11.0. The van der Waals surface area contributed by atoms with E-state index in [1.807, 2.05) is 0 Å². The van der Waals surface area contributed by atoms with Crippen molar-refractivity contribution in [2.75, 3.05) is 20.0 Å². The van der Waals surface area contributed by atoms with E-state index in [9.17, 15) is 19.7 Å². The van der Waals surface area contributed by atoms with Gasteiger partial charge in [0.15, 0.2) is 17.1 Å². The predicted molar refractivity (Wildman–Crippen MR) is 143 cm³/mol. The molecule has 0 spiro atoms. The molecule has 0 bridgehead atoms. The minimum absolute atomic E-state index is 0.0569. The lowest BCUT2D eigenvalue weighted by atomic mass is 10.2. The molecule has 14 heteroatoms. The molecule has 0 saturated carbocycles. The van der Waals surface area contributed by atoms with E-state index in [0.29, 0.717) is 42.3 Å². The van der Waals surface area contributed by atoms with Crippen LogP contribution in [0.25, 0.3) is 21.1 Å². The zero-order chi connectivity index (χ0) is 28.1. The molecule has 0 saturated heterocycles. The number of methoxy groups -OCH3 is 2. The summed E-state index contributed by atoms with van der Waals surface area (Å²) in [5.41, 5.74) is 7.25. The first-order valence-corrected chi connectivity index (χ1v) is 12.3. The lowest BCUT2D eigenvalue weighted by Crippen LogP contribution is -1.99. The minimum atomic E-state index is -1.13. The van der Waals surface area contributed by atoms with Crippen molar-refractivity contribution in [1.29, 1.82) is 0 Å². The highest BCUT2D eigenvalue weighted by Gasteiger charge is 2.23. The summed E-state index contributed by atoms with van der Waals surface area (Å²) in [4.78, 5) is 41.7. The summed E-state index contributed by atoms with van der Waals surface area (Å²) in [5.74, 6) is -1.57. The average molecular weight is 559 g/mol. The van der Waals surface area contributed by atoms with Gasteiger partial charge in [0.2, 0.25) is 5.75 Å². The number of aromatic carboxylic acids is 2. The second kappa shape index (κ2) is 11.7. The Kier molecular flexibility index (Phi) is 8.60. The van der Waals surface area contributed by atoms with Crippen LogP contribution in [0.1, 0.15) is 30.7 Å². The van der Waals surface area contributed by atoms with Crippen molar-refractivity contribution in [1.82, 2.24) is 9.97 Å². The average Bonchev–Trinajstić information content (AvgIpc) is 3.46. The van der Waals surface area contributed by atoms with Crippen LogP contribution >= 0.6 is 22.7 Å². The predicted octanol–water partition coefficient (Wildman–Crippen LogP) is 5.14. The summed E-state index contributed by atoms with van der Waals surface area (Å²) in [6, 6.07) is 9.74. The van der Waals surface area contributed by atoms with Crippen molar-refractivity contribution in [3.8, 4) is 32.6 Å². The number of para-hydroxylation sites is 2. The first kappa shape index (κ1) is 28.0. The van der Waals surface area contributed by atoms with Gasteiger partial charge in [-0.05, 0) is 32.0 Å². The molecule has 2 heterocycles. The van der Waals surface area contributed by atoms with Gasteiger partial charge in [-0.1, -0.05) is 12.1 Å². The maximum absolute atomic E-state index is 11.0. The SMILES string of the molecule is COc1c(-c2nc(C(=O)O)c(C)s2)cccc1[N+](=O)[O-].COc1c(N)cccc1-c1nc(C(=O)O)c(C)s1. The van der Waals surface area contributed by atoms with Crippen molar-refractivity contribution in [3.63, 3.8) is 0 Å². The number of anilines is 1. The standard InChI is InChI=1S/C12H10N2O5S.C12H12N2O3S/c1-6-9(12(15)16)13-11(20-6)7-4-3-5-8(14(17)18)10(7)19-2;1-6-9(12(15)16)14-11(18-6)7-4-3-5-8(13)10(7)17-2/h3-5H,1-2H3,(H,15,16);3-5H,13H2,1-2H3,(H,15,16). The Bertz CT molecular complexity index is 1530. The Morgan fingerprint density at radius 1 is 0.868 bits per heavy atom. The third-order valence-electron chi connectivity index (χ3n) is 5.10. The van der Waals surface area contributed by atoms with Crippen molar-refractivity contribution in [2.45, 2.75) is 13.8 Å². The number of nitrogen functional groups attached to an aromatic ring is 1. The van der Waals surface area contributed by atoms with E-state index < -0.39 is 16.9 Å². The van der Waals surface area contributed by atoms with Gasteiger partial charge in [-0.3, -0.25) is 10.1 Å². The van der Waals surface area contributed by atoms with E-state index in [1.165, 1.54) is 37.7 Å². The zero-order valence-electron chi connectivity index (χ0n) is 20.5. The Balaban J connectivity index is 0.000000212. The van der Waals surface area contributed by atoms with Crippen LogP contribution in [0.15, 0.2) is 36.4 Å². The fraction of sp³-hybridized carbons (Fsp3) is 0.167. The molecule has 0 aliphatic carbocycles. The van der Waals surface area contributed by atoms with Crippen LogP contribution in [0.3, 0.4) is 0 Å². The maximum Gasteiger partial charge on any atom is 0.355 e. The first-order chi connectivity index (χ1) is 18.0. The number of nitrogens with zero attached hydrogens (tertiary/aromatic N) is 3. The van der Waals surface area contributed by atoms with Crippen molar-refractivity contribution in [3.05, 3.63) is 67.7 Å². The number of nitro groups is 1. The quantitative estimate of drug-likeness (QED) is 0.155. The number of rotatable bonds is 7. The highest BCUT2D eigenvalue weighted by Crippen LogP contribution is 2.40. The molecule has 0 fully saturated rings. The van der Waals surface area contributed by atoms with Gasteiger partial charge in [0.05, 0.1) is 36.0 Å². The smallest absolute Gasteiger partial charge is 0.355 e. The van der Waals surface area contributed by atoms with Crippen molar-refractivity contribution >= 4 is 46.0 Å². The summed E-state index contributed by atoms with van der Waals surface area (Å²) in [6.07, 6.45) is 0. The van der Waals surface area contributed by atoms with Crippen LogP contribution in [0.2, 0.25) is 0 Å². The Morgan fingerprint density at radius 2 is 1.32 bits per heavy atom. The molecule has 12 nitrogen and oxygen atoms in total. The lowest BCUT2D eigenvalue weighted by molar-refractivity contribution is -0.385. The largest absolute Gasteiger partial charge is 0.494 e. The van der Waals surface area contributed by atoms with Gasteiger partial charge in [0, 0.05) is 15.8 Å². The van der Waals surface area contributed by atoms with Gasteiger partial charge in [-0.25, -0.2) is 19.6 Å². The highest BCUT2D eigenvalue weighted by molar-refractivity contribution is 7.15. The molecular weight excluding hydrogens is 536 g/mol. The molecule has 2 aromatic carbocycles. The topological polar surface area (TPSA) is 188 Å². The molecule has 0 aliphatic rings. The van der Waals surface area contributed by atoms with Gasteiger partial charge < -0.3 is 25.4 Å². The molecule has 4 rings (SSSR count). The number of carboxylic acid groups (broad SMARTS) is 2. The number of nitro benzene ring substituents is 1. The lowest BCUT2D eigenvalue weighted by Gasteiger charge is -2.08. The summed E-state index contributed by atoms with van der Waals surface area (Å²) in [7, 11) is 2.85. The molecule has 0 amide bonds. The summed E-state index contributed by atoms with van der Waals surface area (Å²) in [6.45, 7) is 3.36. The summed E-state index contributed by atoms with van der Waals surface area (Å²) < 4.78 is 10.3. The molecule has 0 radical (unpaired) electrons. The third-order valence-corrected chi connectivity index (χ3v) is 7.11. The number of ether oxygens (including phenoxy) is 2. The highest BCUT2D eigenvalue weighted by atomic mass is 32.1. The van der Waals surface area contributed by atoms with Crippen LogP contribution in [-0.2, 0) is 0 Å². The number of nitrogens with two attached hydrogens (primary N) is 1. The van der Waals surface area contributed by atoms with E-state index in [1.54, 1.807) is 38.1 Å². The molecule has 198 valence electrons. The third kappa shape index (κ3) is 5.71. The van der Waals surface area contributed by atoms with E-state index in [4.69, 9.17) is 25.4 Å². The normalized spacial score (nSPS) is 10.3. The van der Waals surface area contributed by atoms with Gasteiger partial charge >= 0.3 is 17.6 Å². The molecule has 2 aromatic heterocycles. The number of hydrogen-bond acceptors (Lipinski definition) is 11. The summed E-state index contributed by atoms with van der Waals surface area (Å²) >= 11 is 2.46. The van der Waals surface area contributed by atoms with E-state index >= 15 is 0 Å². The van der Waals surface area contributed by atoms with Crippen LogP contribution in [-0.4, -0.2) is 51.3 Å². The van der Waals surface area contributed by atoms with Crippen LogP contribution in [0.5, 0.6) is 11.5 Å². The van der Waals surface area contributed by atoms with E-state index in [-0.39, 0.29) is 22.8 Å². The van der Waals surface area contributed by atoms with E-state index in [2.05, 4.69) is 9.97 Å². The van der Waals surface area contributed by atoms with Gasteiger partial charge in [0.25, 0.3) is 0 Å². The second-order valence-electron chi connectivity index (χ2n) is 7.50. The first-order valence-electron chi connectivity index (χ1n) is 10.7. The molecule has 0 unspecified atom stereocenters. The monoisotopic (exact) mass is 558 g/mol. The second-order valence-corrected chi connectivity index (χ2v) is 9.91. The molecule has 38 heavy (non-hydrogen) atoms. The van der Waals surface area contributed by atoms with Crippen LogP contribution < -0.4 is 15.2 Å². The molecule has 0 atom stereocenters. The number of carboxylic acids is 2. The van der Waals surface area contributed by atoms with Crippen LogP contribution in [0.4, 0.5) is 11.4 Å². The van der Waals surface area contributed by atoms with Crippen molar-refractivity contribution in [2.24, 2.45) is 0 Å². The zero-order valence-corrected chi connectivity index (χ0v) is 22.2. The number of benzene rings is 2. The number of hydrogen-bond donors (Lipinski definition) is 3. The fourth-order valence-electron chi connectivity index (χ4n) is 3.42. The number of aryl methyl sites for hydroxylation is 2. The number of aromatic nitrogens is 2. The Labute approximate surface area is 224 Å². The Morgan fingerprint density at radius 3 is 1.71 bits per heavy atom. The van der Waals surface area contributed by atoms with Gasteiger partial charge in [-0.15, -0.1) is 22.7 Å². The van der Waals surface area contributed by atoms with E-state index in [0.717, 1.165) is 11.3 Å². The summed E-state index contributed by atoms with van der Waals surface area (Å²) in [5, 5.41) is 29.9. The molecular formula is C24H22N4O8S2. The Hall–Kier alpha value is -4.56. The van der Waals surface area contributed by atoms with Crippen molar-refractivity contribution < 1.29 is 34.2 Å². The van der Waals surface area contributed by atoms with Crippen LogP contribution in [0, 0.1) is 24.0 Å². The molecule has 4 aromatic rings.